The second-order valence-electron chi connectivity index (χ2n) is 6.52. The van der Waals surface area contributed by atoms with Gasteiger partial charge in [0.2, 0.25) is 0 Å². The number of halogens is 1. The Bertz CT molecular complexity index is 504. The maximum absolute atomic E-state index is 12.1. The van der Waals surface area contributed by atoms with E-state index in [1.54, 1.807) is 0 Å². The van der Waals surface area contributed by atoms with Crippen molar-refractivity contribution >= 4 is 22.0 Å². The molecule has 2 rings (SSSR count). The van der Waals surface area contributed by atoms with E-state index in [1.165, 1.54) is 0 Å². The number of hydrogen-bond acceptors (Lipinski definition) is 3. The SMILES string of the molecule is CC(C)(C)OC(=O)NC1(Cc2cccc(Br)c2)CCOC1. The summed E-state index contributed by atoms with van der Waals surface area (Å²) in [7, 11) is 0. The maximum Gasteiger partial charge on any atom is 0.408 e. The van der Waals surface area contributed by atoms with Gasteiger partial charge in [0.25, 0.3) is 0 Å². The van der Waals surface area contributed by atoms with Crippen LogP contribution in [0.3, 0.4) is 0 Å². The van der Waals surface area contributed by atoms with Gasteiger partial charge in [-0.3, -0.25) is 0 Å². The Morgan fingerprint density at radius 1 is 1.48 bits per heavy atom. The lowest BCUT2D eigenvalue weighted by atomic mass is 9.90. The number of benzene rings is 1. The fourth-order valence-corrected chi connectivity index (χ4v) is 2.89. The highest BCUT2D eigenvalue weighted by Gasteiger charge is 2.37. The summed E-state index contributed by atoms with van der Waals surface area (Å²) in [4.78, 5) is 12.1. The van der Waals surface area contributed by atoms with Crippen molar-refractivity contribution in [1.29, 1.82) is 0 Å². The molecule has 1 unspecified atom stereocenters. The third-order valence-corrected chi connectivity index (χ3v) is 3.79. The monoisotopic (exact) mass is 355 g/mol. The molecule has 1 atom stereocenters. The van der Waals surface area contributed by atoms with Crippen LogP contribution in [0.25, 0.3) is 0 Å². The Hall–Kier alpha value is -1.07. The Labute approximate surface area is 134 Å². The second kappa shape index (κ2) is 6.36. The average molecular weight is 356 g/mol. The van der Waals surface area contributed by atoms with Crippen molar-refractivity contribution in [1.82, 2.24) is 5.32 Å². The first kappa shape index (κ1) is 16.3. The number of rotatable bonds is 3. The predicted molar refractivity (Wildman–Crippen MR) is 85.4 cm³/mol. The Balaban J connectivity index is 2.08. The molecule has 1 fully saturated rings. The van der Waals surface area contributed by atoms with Gasteiger partial charge in [-0.1, -0.05) is 28.1 Å². The molecule has 1 heterocycles. The highest BCUT2D eigenvalue weighted by atomic mass is 79.9. The van der Waals surface area contributed by atoms with Gasteiger partial charge in [0, 0.05) is 11.1 Å². The smallest absolute Gasteiger partial charge is 0.408 e. The molecule has 0 aliphatic carbocycles. The number of hydrogen-bond donors (Lipinski definition) is 1. The standard InChI is InChI=1S/C16H22BrNO3/c1-15(2,3)21-14(19)18-16(7-8-20-11-16)10-12-5-4-6-13(17)9-12/h4-6,9H,7-8,10-11H2,1-3H3,(H,18,19). The highest BCUT2D eigenvalue weighted by molar-refractivity contribution is 9.10. The fourth-order valence-electron chi connectivity index (χ4n) is 2.45. The van der Waals surface area contributed by atoms with Crippen LogP contribution in [0, 0.1) is 0 Å². The van der Waals surface area contributed by atoms with Gasteiger partial charge in [0.05, 0.1) is 12.1 Å². The van der Waals surface area contributed by atoms with Gasteiger partial charge in [-0.2, -0.15) is 0 Å². The van der Waals surface area contributed by atoms with Crippen LogP contribution in [0.15, 0.2) is 28.7 Å². The van der Waals surface area contributed by atoms with Gasteiger partial charge >= 0.3 is 6.09 Å². The number of carbonyl (C=O) groups excluding carboxylic acids is 1. The molecule has 1 aliphatic heterocycles. The van der Waals surface area contributed by atoms with Crippen LogP contribution in [0.2, 0.25) is 0 Å². The summed E-state index contributed by atoms with van der Waals surface area (Å²) < 4.78 is 11.9. The normalized spacial score (nSPS) is 22.1. The summed E-state index contributed by atoms with van der Waals surface area (Å²) in [6.45, 7) is 6.75. The summed E-state index contributed by atoms with van der Waals surface area (Å²) in [5.74, 6) is 0. The van der Waals surface area contributed by atoms with E-state index >= 15 is 0 Å². The molecule has 4 nitrogen and oxygen atoms in total. The number of amides is 1. The number of ether oxygens (including phenoxy) is 2. The number of nitrogens with one attached hydrogen (secondary N) is 1. The molecule has 1 amide bonds. The molecular weight excluding hydrogens is 334 g/mol. The molecule has 0 bridgehead atoms. The third-order valence-electron chi connectivity index (χ3n) is 3.30. The number of carbonyl (C=O) groups is 1. The van der Waals surface area contributed by atoms with Crippen LogP contribution in [0.1, 0.15) is 32.8 Å². The van der Waals surface area contributed by atoms with Gasteiger partial charge in [-0.25, -0.2) is 4.79 Å². The third kappa shape index (κ3) is 5.00. The van der Waals surface area contributed by atoms with E-state index in [0.717, 1.165) is 22.9 Å². The summed E-state index contributed by atoms with van der Waals surface area (Å²) in [5, 5.41) is 3.02. The lowest BCUT2D eigenvalue weighted by molar-refractivity contribution is 0.0440. The zero-order chi connectivity index (χ0) is 15.5. The molecule has 0 aromatic heterocycles. The van der Waals surface area contributed by atoms with Crippen molar-refractivity contribution in [3.8, 4) is 0 Å². The molecule has 5 heteroatoms. The van der Waals surface area contributed by atoms with Crippen LogP contribution in [-0.2, 0) is 15.9 Å². The van der Waals surface area contributed by atoms with Crippen molar-refractivity contribution in [3.05, 3.63) is 34.3 Å². The maximum atomic E-state index is 12.1. The molecule has 1 saturated heterocycles. The van der Waals surface area contributed by atoms with E-state index in [-0.39, 0.29) is 11.6 Å². The zero-order valence-corrected chi connectivity index (χ0v) is 14.3. The van der Waals surface area contributed by atoms with E-state index in [4.69, 9.17) is 9.47 Å². The lowest BCUT2D eigenvalue weighted by Crippen LogP contribution is -2.52. The van der Waals surface area contributed by atoms with Crippen molar-refractivity contribution in [2.45, 2.75) is 44.8 Å². The number of alkyl carbamates (subject to hydrolysis) is 1. The molecule has 0 spiro atoms. The second-order valence-corrected chi connectivity index (χ2v) is 7.43. The van der Waals surface area contributed by atoms with Crippen molar-refractivity contribution in [2.24, 2.45) is 0 Å². The molecule has 21 heavy (non-hydrogen) atoms. The van der Waals surface area contributed by atoms with Gasteiger partial charge in [0.15, 0.2) is 0 Å². The van der Waals surface area contributed by atoms with Crippen LogP contribution < -0.4 is 5.32 Å². The Kier molecular flexibility index (Phi) is 4.94. The predicted octanol–water partition coefficient (Wildman–Crippen LogP) is 3.68. The molecule has 1 aromatic rings. The van der Waals surface area contributed by atoms with E-state index < -0.39 is 5.60 Å². The first-order chi connectivity index (χ1) is 9.78. The summed E-state index contributed by atoms with van der Waals surface area (Å²) in [6, 6.07) is 8.11. The fraction of sp³-hybridized carbons (Fsp3) is 0.562. The summed E-state index contributed by atoms with van der Waals surface area (Å²) >= 11 is 3.48. The average Bonchev–Trinajstić information content (AvgIpc) is 2.74. The summed E-state index contributed by atoms with van der Waals surface area (Å²) in [6.07, 6.45) is 1.13. The van der Waals surface area contributed by atoms with Crippen LogP contribution in [0.5, 0.6) is 0 Å². The first-order valence-electron chi connectivity index (χ1n) is 7.11. The van der Waals surface area contributed by atoms with Crippen molar-refractivity contribution in [3.63, 3.8) is 0 Å². The molecule has 1 N–H and O–H groups in total. The van der Waals surface area contributed by atoms with Crippen LogP contribution in [-0.4, -0.2) is 30.4 Å². The minimum Gasteiger partial charge on any atom is -0.444 e. The largest absolute Gasteiger partial charge is 0.444 e. The van der Waals surface area contributed by atoms with Crippen LogP contribution >= 0.6 is 15.9 Å². The van der Waals surface area contributed by atoms with E-state index in [9.17, 15) is 4.79 Å². The first-order valence-corrected chi connectivity index (χ1v) is 7.91. The minimum atomic E-state index is -0.499. The van der Waals surface area contributed by atoms with E-state index in [1.807, 2.05) is 32.9 Å². The Morgan fingerprint density at radius 2 is 2.24 bits per heavy atom. The Morgan fingerprint density at radius 3 is 2.81 bits per heavy atom. The quantitative estimate of drug-likeness (QED) is 0.899. The van der Waals surface area contributed by atoms with Gasteiger partial charge in [-0.05, 0) is 51.3 Å². The van der Waals surface area contributed by atoms with Crippen molar-refractivity contribution in [2.75, 3.05) is 13.2 Å². The molecule has 0 saturated carbocycles. The van der Waals surface area contributed by atoms with Gasteiger partial charge in [0.1, 0.15) is 5.60 Å². The molecule has 1 aromatic carbocycles. The van der Waals surface area contributed by atoms with Gasteiger partial charge < -0.3 is 14.8 Å². The molecule has 0 radical (unpaired) electrons. The van der Waals surface area contributed by atoms with E-state index in [0.29, 0.717) is 13.2 Å². The molecule has 1 aliphatic rings. The molecule has 116 valence electrons. The highest BCUT2D eigenvalue weighted by Crippen LogP contribution is 2.25. The van der Waals surface area contributed by atoms with Gasteiger partial charge in [-0.15, -0.1) is 0 Å². The lowest BCUT2D eigenvalue weighted by Gasteiger charge is -2.30. The molecular formula is C16H22BrNO3. The topological polar surface area (TPSA) is 47.6 Å². The zero-order valence-electron chi connectivity index (χ0n) is 12.7. The minimum absolute atomic E-state index is 0.386. The summed E-state index contributed by atoms with van der Waals surface area (Å²) in [5.41, 5.74) is 0.273. The van der Waals surface area contributed by atoms with E-state index in [2.05, 4.69) is 33.4 Å². The van der Waals surface area contributed by atoms with Crippen molar-refractivity contribution < 1.29 is 14.3 Å². The van der Waals surface area contributed by atoms with Crippen LogP contribution in [0.4, 0.5) is 4.79 Å².